The van der Waals surface area contributed by atoms with Gasteiger partial charge in [-0.2, -0.15) is 23.1 Å². The lowest BCUT2D eigenvalue weighted by atomic mass is 9.92. The molecule has 62 heavy (non-hydrogen) atoms. The number of carbonyl (C=O) groups is 1. The van der Waals surface area contributed by atoms with E-state index in [2.05, 4.69) is 15.7 Å². The number of fused-ring (bicyclic) bond motifs is 6. The number of alkyl halides is 3. The van der Waals surface area contributed by atoms with E-state index in [-0.39, 0.29) is 82.7 Å². The van der Waals surface area contributed by atoms with Crippen LogP contribution in [-0.4, -0.2) is 107 Å². The number of halogens is 5. The van der Waals surface area contributed by atoms with Gasteiger partial charge in [-0.3, -0.25) is 4.90 Å². The van der Waals surface area contributed by atoms with Crippen molar-refractivity contribution in [3.05, 3.63) is 47.2 Å². The van der Waals surface area contributed by atoms with E-state index in [1.807, 2.05) is 25.7 Å². The first-order chi connectivity index (χ1) is 29.5. The third-order valence-electron chi connectivity index (χ3n) is 13.2. The van der Waals surface area contributed by atoms with Crippen molar-refractivity contribution in [3.8, 4) is 35.4 Å². The SMILES string of the molecule is C#Cc1c(F)ccc2cc(OCOC)cc(-c3nc4c5c(nc(OCC6(CN7CCC(CC(F)(F)F)CC7)CC6)nc5c3F)N3C[C@H]5CC[C@@H]([C@H]3CC4)N5C(=O)OC(C)(C)C)c12. The molecule has 11 nitrogen and oxygen atoms in total. The van der Waals surface area contributed by atoms with Gasteiger partial charge in [-0.15, -0.1) is 6.42 Å². The molecule has 4 aliphatic heterocycles. The zero-order chi connectivity index (χ0) is 43.7. The van der Waals surface area contributed by atoms with Gasteiger partial charge in [0.2, 0.25) is 0 Å². The number of piperidine rings is 1. The Morgan fingerprint density at radius 3 is 2.44 bits per heavy atom. The van der Waals surface area contributed by atoms with Gasteiger partial charge in [0, 0.05) is 43.0 Å². The van der Waals surface area contributed by atoms with E-state index < -0.39 is 29.8 Å². The first-order valence-corrected chi connectivity index (χ1v) is 21.5. The summed E-state index contributed by atoms with van der Waals surface area (Å²) in [5, 5.41) is 1.24. The van der Waals surface area contributed by atoms with Gasteiger partial charge in [0.25, 0.3) is 0 Å². The quantitative estimate of drug-likeness (QED) is 0.0874. The number of terminal acetylenes is 1. The van der Waals surface area contributed by atoms with Crippen molar-refractivity contribution in [3.63, 3.8) is 0 Å². The number of hydrogen-bond acceptors (Lipinski definition) is 10. The third kappa shape index (κ3) is 8.18. The molecule has 9 rings (SSSR count). The fourth-order valence-electron chi connectivity index (χ4n) is 10.2. The van der Waals surface area contributed by atoms with E-state index in [1.54, 1.807) is 18.2 Å². The number of anilines is 1. The molecule has 1 saturated carbocycles. The highest BCUT2D eigenvalue weighted by Crippen LogP contribution is 2.49. The summed E-state index contributed by atoms with van der Waals surface area (Å²) in [7, 11) is 1.48. The van der Waals surface area contributed by atoms with Gasteiger partial charge in [0.15, 0.2) is 12.6 Å². The van der Waals surface area contributed by atoms with Crippen LogP contribution >= 0.6 is 0 Å². The molecule has 3 atom stereocenters. The van der Waals surface area contributed by atoms with Gasteiger partial charge in [0.05, 0.1) is 41.4 Å². The number of benzene rings is 2. The molecule has 0 unspecified atom stereocenters. The number of aryl methyl sites for hydroxylation is 1. The molecule has 5 aliphatic rings. The van der Waals surface area contributed by atoms with Gasteiger partial charge in [-0.1, -0.05) is 12.0 Å². The molecular weight excluding hydrogens is 812 g/mol. The third-order valence-corrected chi connectivity index (χ3v) is 13.2. The van der Waals surface area contributed by atoms with Crippen LogP contribution in [0.25, 0.3) is 32.9 Å². The number of pyridine rings is 1. The summed E-state index contributed by atoms with van der Waals surface area (Å²) in [6.07, 6.45) is 5.76. The molecule has 330 valence electrons. The van der Waals surface area contributed by atoms with E-state index in [0.717, 1.165) is 25.7 Å². The summed E-state index contributed by atoms with van der Waals surface area (Å²) in [6, 6.07) is 5.46. The molecule has 6 heterocycles. The molecule has 0 spiro atoms. The summed E-state index contributed by atoms with van der Waals surface area (Å²) in [6.45, 7) is 7.94. The molecule has 3 saturated heterocycles. The topological polar surface area (TPSA) is 102 Å². The van der Waals surface area contributed by atoms with Crippen LogP contribution in [0.15, 0.2) is 24.3 Å². The number of aromatic nitrogens is 3. The van der Waals surface area contributed by atoms with Crippen molar-refractivity contribution in [2.24, 2.45) is 11.3 Å². The number of carbonyl (C=O) groups excluding carboxylic acids is 1. The number of likely N-dealkylation sites (tertiary alicyclic amines) is 1. The molecule has 0 radical (unpaired) electrons. The average Bonchev–Trinajstić information content (AvgIpc) is 3.93. The molecule has 4 fully saturated rings. The zero-order valence-electron chi connectivity index (χ0n) is 35.4. The Bertz CT molecular complexity index is 2440. The molecule has 1 aliphatic carbocycles. The Hall–Kier alpha value is -5.01. The van der Waals surface area contributed by atoms with Crippen molar-refractivity contribution in [1.82, 2.24) is 24.8 Å². The molecular formula is C46H51F5N6O5. The number of amides is 1. The van der Waals surface area contributed by atoms with Crippen LogP contribution in [0.4, 0.5) is 32.6 Å². The summed E-state index contributed by atoms with van der Waals surface area (Å²) >= 11 is 0. The van der Waals surface area contributed by atoms with E-state index in [9.17, 15) is 18.0 Å². The number of rotatable bonds is 10. The average molecular weight is 863 g/mol. The van der Waals surface area contributed by atoms with Crippen LogP contribution in [0.5, 0.6) is 11.8 Å². The highest BCUT2D eigenvalue weighted by Gasteiger charge is 2.51. The molecule has 4 aromatic rings. The monoisotopic (exact) mass is 862 g/mol. The Morgan fingerprint density at radius 1 is 0.968 bits per heavy atom. The van der Waals surface area contributed by atoms with E-state index in [1.165, 1.54) is 13.2 Å². The second kappa shape index (κ2) is 16.0. The number of piperazine rings is 1. The molecule has 2 aromatic carbocycles. The van der Waals surface area contributed by atoms with Crippen LogP contribution in [0, 0.1) is 35.3 Å². The minimum atomic E-state index is -4.17. The van der Waals surface area contributed by atoms with Crippen LogP contribution in [0.2, 0.25) is 0 Å². The van der Waals surface area contributed by atoms with Crippen molar-refractivity contribution in [1.29, 1.82) is 0 Å². The van der Waals surface area contributed by atoms with E-state index >= 15 is 8.78 Å². The standard InChI is InChI=1S/C46H51F5N6O5/c1-6-30-32(47)9-7-27-19-29(61-25-59-5)20-31(36(27)30)39-38(48)40-37-33(52-39)10-12-34-35-11-8-28(57(35)43(58)62-44(2,3)4)22-56(34)41(37)54-42(53-40)60-24-45(15-16-45)23-55-17-13-26(14-18-55)21-46(49,50)51/h1,7,9,19-20,26,28,34-35H,8,10-18,21-25H2,2-5H3/t28-,34-,35+/m1/s1. The van der Waals surface area contributed by atoms with Crippen molar-refractivity contribution >= 4 is 33.6 Å². The summed E-state index contributed by atoms with van der Waals surface area (Å²) in [5.74, 6) is 1.47. The number of ether oxygens (including phenoxy) is 4. The van der Waals surface area contributed by atoms with Gasteiger partial charge in [-0.05, 0) is 115 Å². The first-order valence-electron chi connectivity index (χ1n) is 21.5. The van der Waals surface area contributed by atoms with Crippen LogP contribution < -0.4 is 14.4 Å². The highest BCUT2D eigenvalue weighted by molar-refractivity contribution is 6.03. The van der Waals surface area contributed by atoms with Crippen molar-refractivity contribution in [2.45, 2.75) is 108 Å². The number of hydrogen-bond donors (Lipinski definition) is 0. The highest BCUT2D eigenvalue weighted by atomic mass is 19.4. The van der Waals surface area contributed by atoms with Gasteiger partial charge < -0.3 is 28.7 Å². The minimum absolute atomic E-state index is 0.0147. The zero-order valence-corrected chi connectivity index (χ0v) is 35.4. The second-order valence-corrected chi connectivity index (χ2v) is 18.7. The predicted octanol–water partition coefficient (Wildman–Crippen LogP) is 8.81. The van der Waals surface area contributed by atoms with Crippen molar-refractivity contribution in [2.75, 3.05) is 51.6 Å². The molecule has 2 bridgehead atoms. The Kier molecular flexibility index (Phi) is 10.9. The largest absolute Gasteiger partial charge is 0.468 e. The maximum absolute atomic E-state index is 17.7. The second-order valence-electron chi connectivity index (χ2n) is 18.7. The number of methoxy groups -OCH3 is 1. The smallest absolute Gasteiger partial charge is 0.410 e. The molecule has 16 heteroatoms. The lowest BCUT2D eigenvalue weighted by Crippen LogP contribution is -2.62. The Labute approximate surface area is 357 Å². The maximum atomic E-state index is 17.7. The van der Waals surface area contributed by atoms with Crippen LogP contribution in [-0.2, 0) is 15.9 Å². The molecule has 1 amide bonds. The predicted molar refractivity (Wildman–Crippen MR) is 222 cm³/mol. The fourth-order valence-corrected chi connectivity index (χ4v) is 10.2. The normalized spacial score (nSPS) is 22.4. The summed E-state index contributed by atoms with van der Waals surface area (Å²) in [4.78, 5) is 34.7. The lowest BCUT2D eigenvalue weighted by Gasteiger charge is -2.47. The van der Waals surface area contributed by atoms with Gasteiger partial charge in [-0.25, -0.2) is 18.6 Å². The lowest BCUT2D eigenvalue weighted by molar-refractivity contribution is -0.147. The number of nitrogens with zero attached hydrogens (tertiary/aromatic N) is 6. The van der Waals surface area contributed by atoms with Crippen LogP contribution in [0.1, 0.15) is 83.4 Å². The fraction of sp³-hybridized carbons (Fsp3) is 0.565. The van der Waals surface area contributed by atoms with Crippen molar-refractivity contribution < 1.29 is 45.7 Å². The van der Waals surface area contributed by atoms with Crippen LogP contribution in [0.3, 0.4) is 0 Å². The van der Waals surface area contributed by atoms with E-state index in [0.29, 0.717) is 79.9 Å². The summed E-state index contributed by atoms with van der Waals surface area (Å²) in [5.41, 5.74) is -0.334. The van der Waals surface area contributed by atoms with Gasteiger partial charge in [0.1, 0.15) is 34.2 Å². The summed E-state index contributed by atoms with van der Waals surface area (Å²) < 4.78 is 95.7. The molecule has 2 aromatic heterocycles. The molecule has 0 N–H and O–H groups in total. The minimum Gasteiger partial charge on any atom is -0.468 e. The Balaban J connectivity index is 1.12. The maximum Gasteiger partial charge on any atom is 0.410 e. The van der Waals surface area contributed by atoms with Gasteiger partial charge >= 0.3 is 18.3 Å². The van der Waals surface area contributed by atoms with E-state index in [4.69, 9.17) is 40.3 Å². The Morgan fingerprint density at radius 2 is 1.74 bits per heavy atom. The first kappa shape index (κ1) is 42.3.